The van der Waals surface area contributed by atoms with Crippen molar-refractivity contribution in [2.24, 2.45) is 5.41 Å². The summed E-state index contributed by atoms with van der Waals surface area (Å²) in [7, 11) is 0. The summed E-state index contributed by atoms with van der Waals surface area (Å²) in [6.45, 7) is 20.2. The van der Waals surface area contributed by atoms with Crippen molar-refractivity contribution in [1.82, 2.24) is 0 Å². The summed E-state index contributed by atoms with van der Waals surface area (Å²) in [5, 5.41) is 0. The molecule has 0 aliphatic heterocycles. The van der Waals surface area contributed by atoms with E-state index in [-0.39, 0.29) is 22.8 Å². The molecule has 0 unspecified atom stereocenters. The van der Waals surface area contributed by atoms with Gasteiger partial charge in [0, 0.05) is 23.1 Å². The first-order valence-electron chi connectivity index (χ1n) is 11.0. The summed E-state index contributed by atoms with van der Waals surface area (Å²) < 4.78 is 12.0. The highest BCUT2D eigenvalue weighted by molar-refractivity contribution is 6.04. The average molecular weight is 419 g/mol. The van der Waals surface area contributed by atoms with Gasteiger partial charge in [-0.15, -0.1) is 0 Å². The Bertz CT molecular complexity index is 713. The third kappa shape index (κ3) is 8.69. The SMILES string of the molecule is CC(C)(C)OC(C)(C)CCCCOC(C)(C)C(=O)c1ccc(C(=O)C(C)(C)C)cc1. The van der Waals surface area contributed by atoms with Gasteiger partial charge in [0.2, 0.25) is 0 Å². The number of unbranched alkanes of at least 4 members (excludes halogenated alkanes) is 1. The number of carbonyl (C=O) groups excluding carboxylic acids is 2. The van der Waals surface area contributed by atoms with Crippen LogP contribution in [0.5, 0.6) is 0 Å². The lowest BCUT2D eigenvalue weighted by atomic mass is 9.86. The summed E-state index contributed by atoms with van der Waals surface area (Å²) in [4.78, 5) is 25.3. The van der Waals surface area contributed by atoms with Crippen LogP contribution < -0.4 is 0 Å². The highest BCUT2D eigenvalue weighted by atomic mass is 16.5. The van der Waals surface area contributed by atoms with Gasteiger partial charge in [-0.1, -0.05) is 45.0 Å². The second-order valence-corrected chi connectivity index (χ2v) is 11.3. The first-order valence-corrected chi connectivity index (χ1v) is 11.0. The van der Waals surface area contributed by atoms with Gasteiger partial charge in [0.25, 0.3) is 0 Å². The smallest absolute Gasteiger partial charge is 0.194 e. The maximum atomic E-state index is 12.9. The third-order valence-electron chi connectivity index (χ3n) is 4.86. The average Bonchev–Trinajstić information content (AvgIpc) is 2.57. The predicted octanol–water partition coefficient (Wildman–Crippen LogP) is 6.66. The van der Waals surface area contributed by atoms with E-state index in [1.54, 1.807) is 38.1 Å². The van der Waals surface area contributed by atoms with Gasteiger partial charge in [-0.3, -0.25) is 9.59 Å². The molecular weight excluding hydrogens is 376 g/mol. The number of Topliss-reactive ketones (excluding diaryl/α,β-unsaturated/α-hetero) is 2. The molecular formula is C26H42O4. The third-order valence-corrected chi connectivity index (χ3v) is 4.86. The molecule has 0 spiro atoms. The molecule has 30 heavy (non-hydrogen) atoms. The quantitative estimate of drug-likeness (QED) is 0.315. The van der Waals surface area contributed by atoms with Gasteiger partial charge < -0.3 is 9.47 Å². The van der Waals surface area contributed by atoms with Crippen molar-refractivity contribution in [3.05, 3.63) is 35.4 Å². The summed E-state index contributed by atoms with van der Waals surface area (Å²) >= 11 is 0. The fraction of sp³-hybridized carbons (Fsp3) is 0.692. The number of hydrogen-bond acceptors (Lipinski definition) is 4. The van der Waals surface area contributed by atoms with Gasteiger partial charge >= 0.3 is 0 Å². The molecule has 0 aliphatic carbocycles. The van der Waals surface area contributed by atoms with E-state index in [0.29, 0.717) is 17.7 Å². The Morgan fingerprint density at radius 1 is 0.733 bits per heavy atom. The Labute approximate surface area is 183 Å². The summed E-state index contributed by atoms with van der Waals surface area (Å²) in [5.41, 5.74) is -0.520. The Kier molecular flexibility index (Phi) is 8.61. The van der Waals surface area contributed by atoms with E-state index in [2.05, 4.69) is 34.6 Å². The van der Waals surface area contributed by atoms with E-state index >= 15 is 0 Å². The van der Waals surface area contributed by atoms with E-state index in [4.69, 9.17) is 9.47 Å². The van der Waals surface area contributed by atoms with Crippen LogP contribution in [0.25, 0.3) is 0 Å². The van der Waals surface area contributed by atoms with Crippen LogP contribution >= 0.6 is 0 Å². The maximum absolute atomic E-state index is 12.9. The molecule has 1 aromatic carbocycles. The summed E-state index contributed by atoms with van der Waals surface area (Å²) in [6, 6.07) is 6.90. The van der Waals surface area contributed by atoms with E-state index in [0.717, 1.165) is 19.3 Å². The van der Waals surface area contributed by atoms with Gasteiger partial charge in [-0.2, -0.15) is 0 Å². The van der Waals surface area contributed by atoms with Crippen molar-refractivity contribution < 1.29 is 19.1 Å². The number of carbonyl (C=O) groups is 2. The number of ketones is 2. The molecule has 0 aliphatic rings. The lowest BCUT2D eigenvalue weighted by Gasteiger charge is -2.34. The molecule has 0 radical (unpaired) electrons. The standard InChI is InChI=1S/C26H42O4/c1-23(2,3)21(27)19-13-15-20(16-14-19)22(28)26(9,10)29-18-12-11-17-25(7,8)30-24(4,5)6/h13-16H,11-12,17-18H2,1-10H3. The van der Waals surface area contributed by atoms with Gasteiger partial charge in [0.05, 0.1) is 11.2 Å². The van der Waals surface area contributed by atoms with Crippen LogP contribution in [0.2, 0.25) is 0 Å². The largest absolute Gasteiger partial charge is 0.370 e. The lowest BCUT2D eigenvalue weighted by molar-refractivity contribution is -0.117. The van der Waals surface area contributed by atoms with Gasteiger partial charge in [0.15, 0.2) is 11.6 Å². The molecule has 1 rings (SSSR count). The number of benzene rings is 1. The van der Waals surface area contributed by atoms with Crippen molar-refractivity contribution in [2.45, 2.75) is 105 Å². The molecule has 0 N–H and O–H groups in total. The Morgan fingerprint density at radius 3 is 1.63 bits per heavy atom. The van der Waals surface area contributed by atoms with Crippen molar-refractivity contribution in [3.8, 4) is 0 Å². The predicted molar refractivity (Wildman–Crippen MR) is 123 cm³/mol. The highest BCUT2D eigenvalue weighted by Gasteiger charge is 2.30. The second-order valence-electron chi connectivity index (χ2n) is 11.3. The van der Waals surface area contributed by atoms with Crippen LogP contribution in [-0.2, 0) is 9.47 Å². The van der Waals surface area contributed by atoms with Crippen molar-refractivity contribution in [2.75, 3.05) is 6.61 Å². The molecule has 0 atom stereocenters. The maximum Gasteiger partial charge on any atom is 0.194 e. The molecule has 4 nitrogen and oxygen atoms in total. The van der Waals surface area contributed by atoms with Crippen molar-refractivity contribution >= 4 is 11.6 Å². The molecule has 0 aromatic heterocycles. The first-order chi connectivity index (χ1) is 13.4. The van der Waals surface area contributed by atoms with Crippen LogP contribution in [-0.4, -0.2) is 35.0 Å². The number of ether oxygens (including phenoxy) is 2. The zero-order valence-corrected chi connectivity index (χ0v) is 20.8. The van der Waals surface area contributed by atoms with Gasteiger partial charge in [0.1, 0.15) is 5.60 Å². The fourth-order valence-electron chi connectivity index (χ4n) is 3.48. The Hall–Kier alpha value is -1.52. The molecule has 0 amide bonds. The minimum Gasteiger partial charge on any atom is -0.370 e. The van der Waals surface area contributed by atoms with E-state index < -0.39 is 11.0 Å². The van der Waals surface area contributed by atoms with Crippen LogP contribution in [0.15, 0.2) is 24.3 Å². The van der Waals surface area contributed by atoms with Crippen LogP contribution in [0.3, 0.4) is 0 Å². The number of rotatable bonds is 10. The summed E-state index contributed by atoms with van der Waals surface area (Å²) in [5.74, 6) is -0.0102. The normalized spacial score (nSPS) is 13.4. The molecule has 170 valence electrons. The minimum absolute atomic E-state index is 0.0652. The van der Waals surface area contributed by atoms with Crippen LogP contribution in [0, 0.1) is 5.41 Å². The van der Waals surface area contributed by atoms with Gasteiger partial charge in [-0.05, 0) is 67.7 Å². The summed E-state index contributed by atoms with van der Waals surface area (Å²) in [6.07, 6.45) is 2.77. The molecule has 0 saturated heterocycles. The van der Waals surface area contributed by atoms with Crippen LogP contribution in [0.4, 0.5) is 0 Å². The topological polar surface area (TPSA) is 52.6 Å². The molecule has 4 heteroatoms. The highest BCUT2D eigenvalue weighted by Crippen LogP contribution is 2.26. The van der Waals surface area contributed by atoms with E-state index in [9.17, 15) is 9.59 Å². The Morgan fingerprint density at radius 2 is 1.20 bits per heavy atom. The molecule has 0 saturated carbocycles. The zero-order valence-electron chi connectivity index (χ0n) is 20.8. The monoisotopic (exact) mass is 418 g/mol. The lowest BCUT2D eigenvalue weighted by Crippen LogP contribution is -2.36. The second kappa shape index (κ2) is 9.74. The van der Waals surface area contributed by atoms with Gasteiger partial charge in [-0.25, -0.2) is 0 Å². The fourth-order valence-corrected chi connectivity index (χ4v) is 3.48. The molecule has 0 bridgehead atoms. The minimum atomic E-state index is -0.910. The van der Waals surface area contributed by atoms with E-state index in [1.807, 2.05) is 20.8 Å². The molecule has 0 heterocycles. The number of hydrogen-bond donors (Lipinski definition) is 0. The Balaban J connectivity index is 2.58. The zero-order chi connectivity index (χ0) is 23.4. The van der Waals surface area contributed by atoms with E-state index in [1.165, 1.54) is 0 Å². The van der Waals surface area contributed by atoms with Crippen molar-refractivity contribution in [1.29, 1.82) is 0 Å². The first kappa shape index (κ1) is 26.5. The molecule has 1 aromatic rings. The molecule has 0 fully saturated rings. The van der Waals surface area contributed by atoms with Crippen LogP contribution in [0.1, 0.15) is 109 Å². The van der Waals surface area contributed by atoms with Crippen molar-refractivity contribution in [3.63, 3.8) is 0 Å².